The Morgan fingerprint density at radius 3 is 2.00 bits per heavy atom. The number of carbonyl (C=O) groups excluding carboxylic acids is 1. The lowest BCUT2D eigenvalue weighted by Gasteiger charge is -2.15. The zero-order valence-electron chi connectivity index (χ0n) is 8.17. The number of hydrogen-bond donors (Lipinski definition) is 0. The van der Waals surface area contributed by atoms with Crippen LogP contribution in [0.15, 0.2) is 12.2 Å². The highest BCUT2D eigenvalue weighted by Gasteiger charge is 2.37. The fourth-order valence-corrected chi connectivity index (χ4v) is 1.35. The first kappa shape index (κ1) is 13.2. The fraction of sp³-hybridized carbons (Fsp3) is 0.625. The molecule has 0 radical (unpaired) electrons. The van der Waals surface area contributed by atoms with Crippen LogP contribution in [0.1, 0.15) is 13.8 Å². The second-order valence-corrected chi connectivity index (χ2v) is 5.58. The first-order valence-corrected chi connectivity index (χ1v) is 5.73. The quantitative estimate of drug-likeness (QED) is 0.677. The number of hydrogen-bond acceptors (Lipinski definition) is 3. The Hall–Kier alpha value is -0.780. The number of alkyl halides is 2. The molecule has 6 heteroatoms. The number of ketones is 1. The van der Waals surface area contributed by atoms with Crippen LogP contribution in [0.5, 0.6) is 0 Å². The van der Waals surface area contributed by atoms with E-state index in [2.05, 4.69) is 6.58 Å². The van der Waals surface area contributed by atoms with Gasteiger partial charge in [0.15, 0.2) is 9.84 Å². The Morgan fingerprint density at radius 1 is 1.43 bits per heavy atom. The number of carbonyl (C=O) groups is 1. The molecule has 0 fully saturated rings. The highest BCUT2D eigenvalue weighted by molar-refractivity contribution is 7.91. The summed E-state index contributed by atoms with van der Waals surface area (Å²) < 4.78 is 46.9. The average Bonchev–Trinajstić information content (AvgIpc) is 1.97. The summed E-state index contributed by atoms with van der Waals surface area (Å²) in [6, 6.07) is 0. The van der Waals surface area contributed by atoms with Crippen LogP contribution in [-0.4, -0.2) is 31.6 Å². The van der Waals surface area contributed by atoms with E-state index in [-0.39, 0.29) is 0 Å². The van der Waals surface area contributed by atoms with Gasteiger partial charge in [0, 0.05) is 18.8 Å². The van der Waals surface area contributed by atoms with Crippen LogP contribution in [0.2, 0.25) is 0 Å². The fourth-order valence-electron chi connectivity index (χ4n) is 0.725. The first-order valence-electron chi connectivity index (χ1n) is 3.78. The zero-order chi connectivity index (χ0) is 11.7. The summed E-state index contributed by atoms with van der Waals surface area (Å²) in [5.74, 6) is -5.11. The van der Waals surface area contributed by atoms with E-state index in [1.807, 2.05) is 0 Å². The Morgan fingerprint density at radius 2 is 1.79 bits per heavy atom. The second kappa shape index (κ2) is 3.76. The van der Waals surface area contributed by atoms with Gasteiger partial charge in [0.05, 0.1) is 5.25 Å². The third-order valence-electron chi connectivity index (χ3n) is 1.82. The van der Waals surface area contributed by atoms with Gasteiger partial charge < -0.3 is 0 Å². The minimum absolute atomic E-state index is 0.412. The van der Waals surface area contributed by atoms with E-state index in [1.54, 1.807) is 0 Å². The van der Waals surface area contributed by atoms with E-state index >= 15 is 0 Å². The molecule has 0 saturated heterocycles. The summed E-state index contributed by atoms with van der Waals surface area (Å²) in [5.41, 5.74) is -0.583. The Bertz CT molecular complexity index is 351. The van der Waals surface area contributed by atoms with Gasteiger partial charge in [-0.25, -0.2) is 8.42 Å². The molecule has 82 valence electrons. The van der Waals surface area contributed by atoms with Gasteiger partial charge in [-0.05, 0) is 6.92 Å². The highest BCUT2D eigenvalue weighted by atomic mass is 32.2. The third-order valence-corrected chi connectivity index (χ3v) is 3.39. The maximum absolute atomic E-state index is 12.5. The molecule has 0 aliphatic rings. The summed E-state index contributed by atoms with van der Waals surface area (Å²) in [5, 5.41) is -1.28. The molecule has 0 spiro atoms. The normalized spacial score (nSPS) is 14.9. The molecule has 3 nitrogen and oxygen atoms in total. The summed E-state index contributed by atoms with van der Waals surface area (Å²) in [6.07, 6.45) is 0.865. The van der Waals surface area contributed by atoms with Crippen LogP contribution in [0.4, 0.5) is 8.78 Å². The predicted octanol–water partition coefficient (Wildman–Crippen LogP) is 1.20. The molecule has 0 aromatic rings. The van der Waals surface area contributed by atoms with Crippen molar-refractivity contribution >= 4 is 15.6 Å². The maximum Gasteiger partial charge on any atom is 0.306 e. The molecule has 0 saturated carbocycles. The van der Waals surface area contributed by atoms with E-state index in [0.29, 0.717) is 6.92 Å². The van der Waals surface area contributed by atoms with Crippen molar-refractivity contribution in [3.8, 4) is 0 Å². The van der Waals surface area contributed by atoms with E-state index in [4.69, 9.17) is 0 Å². The average molecular weight is 226 g/mol. The molecule has 0 heterocycles. The van der Waals surface area contributed by atoms with Crippen molar-refractivity contribution in [2.75, 3.05) is 6.26 Å². The van der Waals surface area contributed by atoms with Gasteiger partial charge in [0.2, 0.25) is 5.78 Å². The molecule has 0 amide bonds. The smallest absolute Gasteiger partial charge is 0.288 e. The number of sulfone groups is 1. The van der Waals surface area contributed by atoms with Crippen LogP contribution in [0.25, 0.3) is 0 Å². The Kier molecular flexibility index (Phi) is 3.55. The molecule has 0 aromatic carbocycles. The molecule has 0 aromatic heterocycles. The van der Waals surface area contributed by atoms with Crippen molar-refractivity contribution in [3.63, 3.8) is 0 Å². The number of Topliss-reactive ketones (excluding diaryl/α,β-unsaturated/α-hetero) is 1. The van der Waals surface area contributed by atoms with Crippen molar-refractivity contribution in [2.45, 2.75) is 25.0 Å². The maximum atomic E-state index is 12.5. The number of halogens is 2. The van der Waals surface area contributed by atoms with Crippen molar-refractivity contribution in [1.29, 1.82) is 0 Å². The van der Waals surface area contributed by atoms with Gasteiger partial charge in [-0.15, -0.1) is 0 Å². The van der Waals surface area contributed by atoms with Crippen LogP contribution >= 0.6 is 0 Å². The van der Waals surface area contributed by atoms with Gasteiger partial charge in [-0.1, -0.05) is 6.58 Å². The summed E-state index contributed by atoms with van der Waals surface area (Å²) in [7, 11) is -3.56. The van der Waals surface area contributed by atoms with Crippen molar-refractivity contribution in [1.82, 2.24) is 0 Å². The second-order valence-electron chi connectivity index (χ2n) is 3.21. The van der Waals surface area contributed by atoms with Crippen molar-refractivity contribution < 1.29 is 22.0 Å². The molecule has 0 bridgehead atoms. The SMILES string of the molecule is C=C(C(=O)C(C)(F)F)C(C)S(C)(=O)=O. The third kappa shape index (κ3) is 3.17. The molecule has 0 rings (SSSR count). The molecular weight excluding hydrogens is 214 g/mol. The summed E-state index contributed by atoms with van der Waals surface area (Å²) in [4.78, 5) is 10.9. The molecule has 1 unspecified atom stereocenters. The first-order chi connectivity index (χ1) is 5.98. The van der Waals surface area contributed by atoms with Crippen LogP contribution in [0.3, 0.4) is 0 Å². The van der Waals surface area contributed by atoms with Crippen LogP contribution in [-0.2, 0) is 14.6 Å². The topological polar surface area (TPSA) is 51.2 Å². The van der Waals surface area contributed by atoms with Crippen LogP contribution < -0.4 is 0 Å². The Balaban J connectivity index is 4.93. The predicted molar refractivity (Wildman–Crippen MR) is 49.1 cm³/mol. The Labute approximate surface area is 81.7 Å². The van der Waals surface area contributed by atoms with Gasteiger partial charge >= 0.3 is 5.92 Å². The lowest BCUT2D eigenvalue weighted by molar-refractivity contribution is -0.136. The molecular formula is C8H12F2O3S. The van der Waals surface area contributed by atoms with E-state index < -0.39 is 32.4 Å². The number of rotatable bonds is 4. The van der Waals surface area contributed by atoms with Crippen LogP contribution in [0, 0.1) is 0 Å². The van der Waals surface area contributed by atoms with Gasteiger partial charge in [-0.2, -0.15) is 8.78 Å². The van der Waals surface area contributed by atoms with Crippen molar-refractivity contribution in [3.05, 3.63) is 12.2 Å². The summed E-state index contributed by atoms with van der Waals surface area (Å²) in [6.45, 7) is 4.65. The van der Waals surface area contributed by atoms with E-state index in [0.717, 1.165) is 13.2 Å². The molecule has 0 aliphatic carbocycles. The van der Waals surface area contributed by atoms with Gasteiger partial charge in [0.1, 0.15) is 0 Å². The molecule has 0 N–H and O–H groups in total. The largest absolute Gasteiger partial charge is 0.306 e. The minimum Gasteiger partial charge on any atom is -0.288 e. The summed E-state index contributed by atoms with van der Waals surface area (Å²) >= 11 is 0. The van der Waals surface area contributed by atoms with E-state index in [1.165, 1.54) is 0 Å². The zero-order valence-corrected chi connectivity index (χ0v) is 8.99. The van der Waals surface area contributed by atoms with Gasteiger partial charge in [0.25, 0.3) is 0 Å². The standard InChI is InChI=1S/C8H12F2O3S/c1-5(6(2)14(4,12)13)7(11)8(3,9)10/h6H,1H2,2-4H3. The minimum atomic E-state index is -3.57. The lowest BCUT2D eigenvalue weighted by atomic mass is 10.1. The molecule has 1 atom stereocenters. The van der Waals surface area contributed by atoms with E-state index in [9.17, 15) is 22.0 Å². The van der Waals surface area contributed by atoms with Gasteiger partial charge in [-0.3, -0.25) is 4.79 Å². The lowest BCUT2D eigenvalue weighted by Crippen LogP contribution is -2.32. The van der Waals surface area contributed by atoms with Crippen molar-refractivity contribution in [2.24, 2.45) is 0 Å². The molecule has 14 heavy (non-hydrogen) atoms. The molecule has 0 aliphatic heterocycles. The highest BCUT2D eigenvalue weighted by Crippen LogP contribution is 2.21. The monoisotopic (exact) mass is 226 g/mol.